The van der Waals surface area contributed by atoms with E-state index in [9.17, 15) is 88.0 Å². The number of imidazole rings is 1. The van der Waals surface area contributed by atoms with Crippen molar-refractivity contribution in [3.63, 3.8) is 0 Å². The molecule has 12 aromatic carbocycles. The van der Waals surface area contributed by atoms with Gasteiger partial charge in [0.05, 0.1) is 40.6 Å². The van der Waals surface area contributed by atoms with Crippen molar-refractivity contribution in [3.8, 4) is 51.4 Å². The number of hydrogen-bond donors (Lipinski definition) is 5. The van der Waals surface area contributed by atoms with E-state index in [1.807, 2.05) is 24.3 Å². The van der Waals surface area contributed by atoms with Crippen LogP contribution in [0.25, 0.3) is 22.6 Å². The van der Waals surface area contributed by atoms with Crippen LogP contribution in [0.4, 0.5) is 71.4 Å². The Bertz CT molecular complexity index is 6370. The molecular weight excluding hydrogens is 2020 g/mol. The van der Waals surface area contributed by atoms with E-state index < -0.39 is 63.4 Å². The summed E-state index contributed by atoms with van der Waals surface area (Å²) in [5.74, 6) is 0.779. The third-order valence-electron chi connectivity index (χ3n) is 22.1. The maximum atomic E-state index is 13.9. The largest absolute Gasteiger partial charge is 0.435 e. The third-order valence-corrected chi connectivity index (χ3v) is 23.9. The first-order chi connectivity index (χ1) is 68.6. The van der Waals surface area contributed by atoms with Crippen LogP contribution in [0.3, 0.4) is 0 Å². The van der Waals surface area contributed by atoms with Crippen molar-refractivity contribution >= 4 is 134 Å². The standard InChI is InChI=1S/C25H22Cl2F2N2O3.C25H18Cl2F2N2O2.C19H19ClF2O2.C12H12F2O3.C8H6F2O2.C7H4ClNO.C6H6ClN.C4H6O/c26-17-6-10-19(11-7-17)30-25(33)31(20-12-8-18(27)9-13-20)22(15-4-5-15)23(32)16-2-1-3-21(14-16)34-24(28)29;26-17-6-10-19(11-7-17)30-22(15-4-5-15)23(16-2-1-3-21(14-16)33-24(28)29)31(25(30)32)20-12-8-18(27)9-13-20;20-15-8-4-12(5-9-15)10-17(13-6-7-13)18(23)14-2-1-3-16(11-14)24-19(21)22;13-12(14)17-9-3-1-2-8(6-9)11(16)10(15)7-4-5-7;9-8(10)12-7-3-1-2-6(4-7)5-11;8-6-1-3-7(4-2-6)9-5-10;7-5-1-3-6(8)4-2-5;5-3-4-1-2-4/h1-3,6-15,22-24,32H,4-5H2,(H,30,33);1-3,6-15,24H,4-5H2;1-5,8-9,11,13,17-19,23H,6-7,10H2;1-3,6-7,11-12,16H,4-5H2;1-5,8H;1-4H;1-4H,8H2;3-4H,1-2H2. The number of alkyl halides is 10. The van der Waals surface area contributed by atoms with Crippen molar-refractivity contribution in [3.05, 3.63) is 370 Å². The summed E-state index contributed by atoms with van der Waals surface area (Å²) < 4.78 is 148. The minimum atomic E-state index is -2.98. The van der Waals surface area contributed by atoms with Gasteiger partial charge in [-0.05, 0) is 329 Å². The fourth-order valence-corrected chi connectivity index (χ4v) is 15.5. The highest BCUT2D eigenvalue weighted by Crippen LogP contribution is 2.49. The number of ether oxygens (including phenoxy) is 5. The number of urea groups is 1. The number of carbonyl (C=O) groups excluding carboxylic acids is 5. The molecule has 143 heavy (non-hydrogen) atoms. The van der Waals surface area contributed by atoms with Crippen LogP contribution in [0.1, 0.15) is 127 Å². The monoisotopic (exact) mass is 2110 g/mol. The lowest BCUT2D eigenvalue weighted by Gasteiger charge is -2.35. The van der Waals surface area contributed by atoms with Crippen molar-refractivity contribution in [2.75, 3.05) is 16.0 Å². The molecule has 37 heteroatoms. The summed E-state index contributed by atoms with van der Waals surface area (Å²) in [7, 11) is 0. The van der Waals surface area contributed by atoms with Gasteiger partial charge < -0.3 is 54.8 Å². The fraction of sp³-hybridized carbons (Fsp3) is 0.245. The minimum absolute atomic E-state index is 0.00500. The number of ketones is 1. The van der Waals surface area contributed by atoms with Crippen LogP contribution >= 0.6 is 81.2 Å². The number of amides is 2. The fourth-order valence-electron chi connectivity index (χ4n) is 14.6. The average Bonchev–Trinajstić information content (AvgIpc) is 1.57. The Hall–Kier alpha value is -12.7. The number of nitrogens with one attached hydrogen (secondary N) is 1. The first-order valence-electron chi connectivity index (χ1n) is 44.4. The molecule has 5 unspecified atom stereocenters. The number of anilines is 3. The number of aliphatic hydroxyl groups is 3. The van der Waals surface area contributed by atoms with Crippen LogP contribution < -0.4 is 45.3 Å². The molecule has 18 rings (SSSR count). The Kier molecular flexibility index (Phi) is 42.3. The molecule has 5 aliphatic rings. The number of nitrogen functional groups attached to an aromatic ring is 1. The van der Waals surface area contributed by atoms with E-state index in [2.05, 4.69) is 34.0 Å². The Labute approximate surface area is 851 Å². The molecule has 0 aliphatic heterocycles. The van der Waals surface area contributed by atoms with Crippen molar-refractivity contribution in [1.82, 2.24) is 9.13 Å². The number of aliphatic hydroxyl groups excluding tert-OH is 3. The summed E-state index contributed by atoms with van der Waals surface area (Å²) in [6.45, 7) is -14.6. The minimum Gasteiger partial charge on any atom is -0.435 e. The average molecular weight is 2110 g/mol. The molecule has 5 aliphatic carbocycles. The summed E-state index contributed by atoms with van der Waals surface area (Å²) in [4.78, 5) is 73.4. The highest BCUT2D eigenvalue weighted by Gasteiger charge is 2.44. The number of Topliss-reactive ketones (excluding diaryl/α,β-unsaturated/α-hetero) is 1. The van der Waals surface area contributed by atoms with Gasteiger partial charge in [0.2, 0.25) is 6.08 Å². The predicted octanol–water partition coefficient (Wildman–Crippen LogP) is 28.7. The Morgan fingerprint density at radius 2 is 0.853 bits per heavy atom. The molecule has 0 saturated heterocycles. The first kappa shape index (κ1) is 111. The van der Waals surface area contributed by atoms with Crippen LogP contribution in [0.5, 0.6) is 28.7 Å². The smallest absolute Gasteiger partial charge is 0.387 e. The number of aldehydes is 2. The molecule has 5 fully saturated rings. The van der Waals surface area contributed by atoms with E-state index in [1.165, 1.54) is 102 Å². The molecule has 5 saturated carbocycles. The van der Waals surface area contributed by atoms with Gasteiger partial charge in [0.25, 0.3) is 0 Å². The second-order valence-electron chi connectivity index (χ2n) is 32.9. The SMILES string of the molecule is Nc1ccc(Cl)cc1.O=C(C1CC1)C(O)c1cccc(OC(F)F)c1.O=C(Nc1ccc(Cl)cc1)N(c1ccc(Cl)cc1)C(C1CC1)C(O)c1cccc(OC(F)F)c1.O=C=Nc1ccc(Cl)cc1.O=CC1CC1.O=Cc1cccc(OC(F)F)c1.O=c1n(-c2ccc(Cl)cc2)c(-c2cccc(OC(F)F)c2)c(C2CC2)n1-c1ccc(Cl)cc1.OC(c1cccc(OC(F)F)c1)C(Cc1ccc(Cl)cc1)C1CC1. The summed E-state index contributed by atoms with van der Waals surface area (Å²) in [5.41, 5.74) is 13.5. The topological polar surface area (TPSA) is 273 Å². The van der Waals surface area contributed by atoms with Crippen molar-refractivity contribution in [1.29, 1.82) is 0 Å². The van der Waals surface area contributed by atoms with Gasteiger partial charge in [-0.1, -0.05) is 154 Å². The highest BCUT2D eigenvalue weighted by molar-refractivity contribution is 6.32. The number of hydrogen-bond acceptors (Lipinski definition) is 16. The number of benzene rings is 12. The van der Waals surface area contributed by atoms with Gasteiger partial charge in [0.15, 0.2) is 5.78 Å². The van der Waals surface area contributed by atoms with Crippen molar-refractivity contribution in [2.24, 2.45) is 34.6 Å². The molecule has 0 spiro atoms. The Morgan fingerprint density at radius 1 is 0.455 bits per heavy atom. The second kappa shape index (κ2) is 54.7. The zero-order valence-corrected chi connectivity index (χ0v) is 80.7. The van der Waals surface area contributed by atoms with E-state index >= 15 is 0 Å². The van der Waals surface area contributed by atoms with E-state index in [1.54, 1.807) is 185 Å². The van der Waals surface area contributed by atoms with Gasteiger partial charge in [-0.2, -0.15) is 48.9 Å². The normalized spacial score (nSPS) is 14.2. The lowest BCUT2D eigenvalue weighted by Crippen LogP contribution is -2.47. The first-order valence-corrected chi connectivity index (χ1v) is 47.1. The Balaban J connectivity index is 0.000000166. The summed E-state index contributed by atoms with van der Waals surface area (Å²) in [6, 6.07) is 77.4. The predicted molar refractivity (Wildman–Crippen MR) is 532 cm³/mol. The molecule has 1 aromatic heterocycles. The second-order valence-corrected chi connectivity index (χ2v) is 35.9. The number of aromatic nitrogens is 2. The maximum Gasteiger partial charge on any atom is 0.387 e. The highest BCUT2D eigenvalue weighted by atomic mass is 35.5. The molecular formula is C106H93Cl7F10N6O14. The number of nitrogens with two attached hydrogens (primary N) is 1. The number of aliphatic imine (C=N–C) groups is 1. The molecule has 0 radical (unpaired) electrons. The van der Waals surface area contributed by atoms with Gasteiger partial charge in [-0.15, -0.1) is 0 Å². The Morgan fingerprint density at radius 3 is 1.27 bits per heavy atom. The van der Waals surface area contributed by atoms with Gasteiger partial charge in [0.1, 0.15) is 53.5 Å². The van der Waals surface area contributed by atoms with Crippen LogP contribution in [0, 0.1) is 29.6 Å². The van der Waals surface area contributed by atoms with Gasteiger partial charge in [-0.25, -0.2) is 14.4 Å². The molecule has 2 amide bonds. The number of isocyanates is 1. The van der Waals surface area contributed by atoms with E-state index in [-0.39, 0.29) is 63.9 Å². The van der Waals surface area contributed by atoms with Gasteiger partial charge >= 0.3 is 44.8 Å². The maximum absolute atomic E-state index is 13.9. The molecule has 6 N–H and O–H groups in total. The van der Waals surface area contributed by atoms with Gasteiger partial charge in [0, 0.05) is 81.1 Å². The quantitative estimate of drug-likeness (QED) is 0.00888. The van der Waals surface area contributed by atoms with E-state index in [0.717, 1.165) is 98.9 Å². The van der Waals surface area contributed by atoms with Crippen molar-refractivity contribution < 1.29 is 107 Å². The summed E-state index contributed by atoms with van der Waals surface area (Å²) >= 11 is 41.2. The van der Waals surface area contributed by atoms with Crippen LogP contribution in [-0.2, 0) is 20.8 Å². The number of carbonyl (C=O) groups is 4. The zero-order chi connectivity index (χ0) is 103. The van der Waals surface area contributed by atoms with Crippen molar-refractivity contribution in [2.45, 2.75) is 134 Å². The molecule has 1 heterocycles. The third kappa shape index (κ3) is 36.0. The molecule has 0 bridgehead atoms. The van der Waals surface area contributed by atoms with Crippen LogP contribution in [-0.4, -0.2) is 94.0 Å². The van der Waals surface area contributed by atoms with Gasteiger partial charge in [-0.3, -0.25) is 23.6 Å². The number of rotatable bonds is 31. The van der Waals surface area contributed by atoms with E-state index in [0.29, 0.717) is 110 Å². The number of halogens is 17. The number of nitrogens with zero attached hydrogens (tertiary/aromatic N) is 4. The summed E-state index contributed by atoms with van der Waals surface area (Å²) in [5, 5.41) is 39.0. The zero-order valence-electron chi connectivity index (χ0n) is 75.4. The van der Waals surface area contributed by atoms with E-state index in [4.69, 9.17) is 86.9 Å². The van der Waals surface area contributed by atoms with Crippen LogP contribution in [0.2, 0.25) is 35.2 Å². The molecule has 5 atom stereocenters. The lowest BCUT2D eigenvalue weighted by molar-refractivity contribution is -0.128. The van der Waals surface area contributed by atoms with Crippen LogP contribution in [0.15, 0.2) is 301 Å². The molecule has 20 nitrogen and oxygen atoms in total. The lowest BCUT2D eigenvalue weighted by atomic mass is 9.86. The summed E-state index contributed by atoms with van der Waals surface area (Å²) in [6.07, 6.45) is 10.2. The molecule has 13 aromatic rings. The molecule has 750 valence electrons.